The summed E-state index contributed by atoms with van der Waals surface area (Å²) in [5, 5.41) is 13.0. The van der Waals surface area contributed by atoms with E-state index in [0.29, 0.717) is 25.1 Å². The van der Waals surface area contributed by atoms with Crippen LogP contribution in [0.25, 0.3) is 0 Å². The van der Waals surface area contributed by atoms with E-state index < -0.39 is 0 Å². The van der Waals surface area contributed by atoms with Gasteiger partial charge in [0.15, 0.2) is 0 Å². The van der Waals surface area contributed by atoms with Crippen LogP contribution in [0, 0.1) is 11.3 Å². The average Bonchev–Trinajstić information content (AvgIpc) is 3.10. The Morgan fingerprint density at radius 2 is 1.88 bits per heavy atom. The van der Waals surface area contributed by atoms with E-state index in [9.17, 15) is 4.79 Å². The molecule has 2 rings (SSSR count). The summed E-state index contributed by atoms with van der Waals surface area (Å²) in [7, 11) is 4.02. The molecule has 1 heterocycles. The summed E-state index contributed by atoms with van der Waals surface area (Å²) >= 11 is 1.66. The minimum Gasteiger partial charge on any atom is -0.337 e. The molecule has 0 N–H and O–H groups in total. The Bertz CT molecular complexity index is 672. The van der Waals surface area contributed by atoms with Gasteiger partial charge < -0.3 is 9.80 Å². The van der Waals surface area contributed by atoms with Gasteiger partial charge in [-0.3, -0.25) is 4.79 Å². The maximum absolute atomic E-state index is 12.6. The Morgan fingerprint density at radius 3 is 2.46 bits per heavy atom. The van der Waals surface area contributed by atoms with Crippen LogP contribution < -0.4 is 0 Å². The topological polar surface area (TPSA) is 47.3 Å². The smallest absolute Gasteiger partial charge is 0.223 e. The molecule has 0 radical (unpaired) electrons. The second-order valence-corrected chi connectivity index (χ2v) is 6.84. The normalized spacial score (nSPS) is 10.6. The van der Waals surface area contributed by atoms with E-state index in [1.165, 1.54) is 5.56 Å². The highest BCUT2D eigenvalue weighted by Gasteiger charge is 2.14. The fraction of sp³-hybridized carbons (Fsp3) is 0.368. The number of carbonyl (C=O) groups is 1. The van der Waals surface area contributed by atoms with Gasteiger partial charge in [0.2, 0.25) is 5.91 Å². The second-order valence-electron chi connectivity index (χ2n) is 6.06. The fourth-order valence-electron chi connectivity index (χ4n) is 2.36. The highest BCUT2D eigenvalue weighted by molar-refractivity contribution is 7.07. The number of hydrogen-bond acceptors (Lipinski definition) is 4. The van der Waals surface area contributed by atoms with Crippen molar-refractivity contribution >= 4 is 17.2 Å². The SMILES string of the molecule is CN(C)CCN(Cc1ccc(C#N)cc1)C(=O)CCc1ccsc1. The maximum atomic E-state index is 12.6. The number of hydrogen-bond donors (Lipinski definition) is 0. The number of nitrogens with zero attached hydrogens (tertiary/aromatic N) is 3. The van der Waals surface area contributed by atoms with E-state index in [2.05, 4.69) is 22.4 Å². The third-order valence-electron chi connectivity index (χ3n) is 3.83. The third kappa shape index (κ3) is 5.80. The van der Waals surface area contributed by atoms with Crippen LogP contribution in [0.3, 0.4) is 0 Å². The first-order valence-electron chi connectivity index (χ1n) is 8.01. The molecule has 1 aromatic carbocycles. The van der Waals surface area contributed by atoms with Gasteiger partial charge in [-0.15, -0.1) is 0 Å². The molecule has 2 aromatic rings. The van der Waals surface area contributed by atoms with Crippen LogP contribution >= 0.6 is 11.3 Å². The van der Waals surface area contributed by atoms with E-state index >= 15 is 0 Å². The molecule has 0 spiro atoms. The molecule has 0 saturated heterocycles. The van der Waals surface area contributed by atoms with Gasteiger partial charge in [-0.05, 0) is 60.6 Å². The fourth-order valence-corrected chi connectivity index (χ4v) is 3.07. The summed E-state index contributed by atoms with van der Waals surface area (Å²) in [5.41, 5.74) is 2.92. The molecule has 4 nitrogen and oxygen atoms in total. The molecular weight excluding hydrogens is 318 g/mol. The number of benzene rings is 1. The van der Waals surface area contributed by atoms with E-state index in [1.807, 2.05) is 36.5 Å². The van der Waals surface area contributed by atoms with E-state index in [-0.39, 0.29) is 5.91 Å². The lowest BCUT2D eigenvalue weighted by Gasteiger charge is -2.24. The molecule has 24 heavy (non-hydrogen) atoms. The van der Waals surface area contributed by atoms with Crippen molar-refractivity contribution in [2.24, 2.45) is 0 Å². The van der Waals surface area contributed by atoms with E-state index in [0.717, 1.165) is 18.5 Å². The van der Waals surface area contributed by atoms with Crippen LogP contribution in [-0.2, 0) is 17.8 Å². The zero-order valence-corrected chi connectivity index (χ0v) is 15.1. The Kier molecular flexibility index (Phi) is 6.98. The summed E-state index contributed by atoms with van der Waals surface area (Å²) in [5.74, 6) is 0.174. The Morgan fingerprint density at radius 1 is 1.12 bits per heavy atom. The zero-order valence-electron chi connectivity index (χ0n) is 14.2. The Balaban J connectivity index is 1.99. The molecule has 5 heteroatoms. The van der Waals surface area contributed by atoms with Gasteiger partial charge in [-0.1, -0.05) is 12.1 Å². The van der Waals surface area contributed by atoms with Crippen molar-refractivity contribution < 1.29 is 4.79 Å². The van der Waals surface area contributed by atoms with Crippen molar-refractivity contribution in [1.29, 1.82) is 5.26 Å². The van der Waals surface area contributed by atoms with Gasteiger partial charge in [0.1, 0.15) is 0 Å². The van der Waals surface area contributed by atoms with Gasteiger partial charge >= 0.3 is 0 Å². The summed E-state index contributed by atoms with van der Waals surface area (Å²) in [4.78, 5) is 16.6. The van der Waals surface area contributed by atoms with Crippen molar-refractivity contribution in [2.45, 2.75) is 19.4 Å². The van der Waals surface area contributed by atoms with E-state index in [1.54, 1.807) is 23.5 Å². The number of carbonyl (C=O) groups excluding carboxylic acids is 1. The quantitative estimate of drug-likeness (QED) is 0.741. The average molecular weight is 341 g/mol. The first-order chi connectivity index (χ1) is 11.6. The lowest BCUT2D eigenvalue weighted by molar-refractivity contribution is -0.131. The molecule has 0 saturated carbocycles. The first-order valence-corrected chi connectivity index (χ1v) is 8.95. The summed E-state index contributed by atoms with van der Waals surface area (Å²) in [6, 6.07) is 11.6. The van der Waals surface area contributed by atoms with Crippen LogP contribution in [0.5, 0.6) is 0 Å². The zero-order chi connectivity index (χ0) is 17.4. The summed E-state index contributed by atoms with van der Waals surface area (Å²) < 4.78 is 0. The molecule has 0 unspecified atom stereocenters. The minimum absolute atomic E-state index is 0.174. The highest BCUT2D eigenvalue weighted by Crippen LogP contribution is 2.12. The number of rotatable bonds is 8. The van der Waals surface area contributed by atoms with Gasteiger partial charge in [0.05, 0.1) is 11.6 Å². The number of nitriles is 1. The number of thiophene rings is 1. The predicted molar refractivity (Wildman–Crippen MR) is 97.8 cm³/mol. The van der Waals surface area contributed by atoms with Gasteiger partial charge in [-0.2, -0.15) is 16.6 Å². The van der Waals surface area contributed by atoms with Gasteiger partial charge in [0, 0.05) is 26.1 Å². The first kappa shape index (κ1) is 18.2. The Labute approximate surface area is 147 Å². The third-order valence-corrected chi connectivity index (χ3v) is 4.57. The second kappa shape index (κ2) is 9.21. The molecule has 1 aromatic heterocycles. The highest BCUT2D eigenvalue weighted by atomic mass is 32.1. The Hall–Kier alpha value is -2.16. The lowest BCUT2D eigenvalue weighted by atomic mass is 10.1. The van der Waals surface area contributed by atoms with Crippen LogP contribution in [0.2, 0.25) is 0 Å². The van der Waals surface area contributed by atoms with Gasteiger partial charge in [-0.25, -0.2) is 0 Å². The molecular formula is C19H23N3OS. The minimum atomic E-state index is 0.174. The van der Waals surface area contributed by atoms with Crippen molar-refractivity contribution in [3.05, 3.63) is 57.8 Å². The molecule has 0 aliphatic carbocycles. The van der Waals surface area contributed by atoms with Crippen molar-refractivity contribution in [1.82, 2.24) is 9.80 Å². The molecule has 0 bridgehead atoms. The largest absolute Gasteiger partial charge is 0.337 e. The van der Waals surface area contributed by atoms with E-state index in [4.69, 9.17) is 5.26 Å². The van der Waals surface area contributed by atoms with Crippen LogP contribution in [0.1, 0.15) is 23.1 Å². The number of likely N-dealkylation sites (N-methyl/N-ethyl adjacent to an activating group) is 1. The molecule has 1 amide bonds. The molecule has 126 valence electrons. The molecule has 0 aliphatic heterocycles. The summed E-state index contributed by atoms with van der Waals surface area (Å²) in [6.07, 6.45) is 1.31. The van der Waals surface area contributed by atoms with Crippen molar-refractivity contribution in [2.75, 3.05) is 27.2 Å². The molecule has 0 fully saturated rings. The predicted octanol–water partition coefficient (Wildman–Crippen LogP) is 3.14. The summed E-state index contributed by atoms with van der Waals surface area (Å²) in [6.45, 7) is 2.12. The standard InChI is InChI=1S/C19H23N3OS/c1-21(2)10-11-22(14-17-5-3-16(13-20)4-6-17)19(23)8-7-18-9-12-24-15-18/h3-6,9,12,15H,7-8,10-11,14H2,1-2H3. The lowest BCUT2D eigenvalue weighted by Crippen LogP contribution is -2.36. The maximum Gasteiger partial charge on any atom is 0.223 e. The van der Waals surface area contributed by atoms with Crippen LogP contribution in [-0.4, -0.2) is 42.9 Å². The van der Waals surface area contributed by atoms with Gasteiger partial charge in [0.25, 0.3) is 0 Å². The molecule has 0 atom stereocenters. The van der Waals surface area contributed by atoms with Crippen LogP contribution in [0.4, 0.5) is 0 Å². The monoisotopic (exact) mass is 341 g/mol. The number of aryl methyl sites for hydroxylation is 1. The number of amides is 1. The van der Waals surface area contributed by atoms with Crippen LogP contribution in [0.15, 0.2) is 41.1 Å². The van der Waals surface area contributed by atoms with Crippen molar-refractivity contribution in [3.63, 3.8) is 0 Å². The van der Waals surface area contributed by atoms with Crippen molar-refractivity contribution in [3.8, 4) is 6.07 Å². The molecule has 0 aliphatic rings.